The summed E-state index contributed by atoms with van der Waals surface area (Å²) in [5.74, 6) is 0. The predicted molar refractivity (Wildman–Crippen MR) is 63.4 cm³/mol. The Balaban J connectivity index is -0.00000000849. The maximum absolute atomic E-state index is 8.39. The number of hydrogen-bond donors (Lipinski definition) is 1. The molecule has 0 aliphatic rings. The van der Waals surface area contributed by atoms with Crippen LogP contribution in [0.25, 0.3) is 0 Å². The Morgan fingerprint density at radius 1 is 0.882 bits per heavy atom. The van der Waals surface area contributed by atoms with E-state index in [1.165, 1.54) is 0 Å². The van der Waals surface area contributed by atoms with Crippen LogP contribution in [0.5, 0.6) is 0 Å². The molecule has 0 unspecified atom stereocenters. The van der Waals surface area contributed by atoms with Gasteiger partial charge in [0.15, 0.2) is 0 Å². The van der Waals surface area contributed by atoms with E-state index in [9.17, 15) is 0 Å². The topological polar surface area (TPSA) is 209 Å². The minimum atomic E-state index is 0. The van der Waals surface area contributed by atoms with Gasteiger partial charge in [0.1, 0.15) is 6.54 Å². The zero-order valence-corrected chi connectivity index (χ0v) is 13.1. The van der Waals surface area contributed by atoms with E-state index in [1.807, 2.05) is 0 Å². The summed E-state index contributed by atoms with van der Waals surface area (Å²) in [4.78, 5) is 0. The third kappa shape index (κ3) is 151. The summed E-state index contributed by atoms with van der Waals surface area (Å²) in [6.45, 7) is 1.11. The fourth-order valence-electron chi connectivity index (χ4n) is 0.300. The molecular formula is C5H26Cl3CoNO7. The van der Waals surface area contributed by atoms with Crippen LogP contribution in [0.1, 0.15) is 0 Å². The molecule has 123 valence electrons. The molecule has 0 bridgehead atoms. The van der Waals surface area contributed by atoms with Crippen molar-refractivity contribution in [1.82, 2.24) is 0 Å². The Bertz CT molecular complexity index is 81.0. The van der Waals surface area contributed by atoms with E-state index >= 15 is 0 Å². The summed E-state index contributed by atoms with van der Waals surface area (Å²) in [5.41, 5.74) is 0. The second-order valence-electron chi connectivity index (χ2n) is 2.79. The maximum atomic E-state index is 8.39. The van der Waals surface area contributed by atoms with Crippen LogP contribution in [0.15, 0.2) is 0 Å². The monoisotopic (exact) mass is 376 g/mol. The molecule has 0 spiro atoms. The number of nitrogens with zero attached hydrogens (tertiary/aromatic N) is 1. The van der Waals surface area contributed by atoms with Crippen molar-refractivity contribution >= 4 is 20.3 Å². The van der Waals surface area contributed by atoms with Gasteiger partial charge < -0.3 is 54.9 Å². The second-order valence-corrected chi connectivity index (χ2v) is 4.50. The number of rotatable bonds is 2. The van der Waals surface area contributed by atoms with Crippen molar-refractivity contribution in [1.29, 1.82) is 0 Å². The molecule has 0 fully saturated rings. The van der Waals surface area contributed by atoms with Gasteiger partial charge in [-0.3, -0.25) is 0 Å². The van der Waals surface area contributed by atoms with Crippen LogP contribution in [0.3, 0.4) is 0 Å². The van der Waals surface area contributed by atoms with Crippen LogP contribution in [-0.2, 0) is 12.9 Å². The fraction of sp³-hybridized carbons (Fsp3) is 1.00. The quantitative estimate of drug-likeness (QED) is 0.457. The van der Waals surface area contributed by atoms with Gasteiger partial charge in [-0.25, -0.2) is 0 Å². The molecule has 17 heavy (non-hydrogen) atoms. The standard InChI is InChI=1S/C5H14NO.3ClH.Co.6H2O/c1-6(2,3)4-5-7;;;;;;;;;;/h7H,4-5H2,1-3H3;3*1H;;6*1H2/q+1;;;;+2;;;;;;/p-3. The molecule has 0 aromatic heterocycles. The van der Waals surface area contributed by atoms with E-state index in [-0.39, 0.29) is 51.9 Å². The number of quaternary nitrogens is 1. The van der Waals surface area contributed by atoms with Gasteiger partial charge in [0.2, 0.25) is 0 Å². The average Bonchev–Trinajstić information content (AvgIpc) is 1.63. The first-order valence-electron chi connectivity index (χ1n) is 2.73. The molecule has 0 heterocycles. The Labute approximate surface area is 122 Å². The molecule has 13 N–H and O–H groups in total. The van der Waals surface area contributed by atoms with E-state index in [0.717, 1.165) is 11.0 Å². The molecule has 0 radical (unpaired) electrons. The molecule has 0 amide bonds. The van der Waals surface area contributed by atoms with Gasteiger partial charge in [-0.2, -0.15) is 0 Å². The van der Waals surface area contributed by atoms with E-state index in [4.69, 9.17) is 25.4 Å². The van der Waals surface area contributed by atoms with Crippen molar-refractivity contribution in [3.63, 3.8) is 0 Å². The normalized spacial score (nSPS) is 6.24. The van der Waals surface area contributed by atoms with Crippen LogP contribution in [0.2, 0.25) is 0 Å². The molecule has 0 atom stereocenters. The van der Waals surface area contributed by atoms with Crippen molar-refractivity contribution in [2.45, 2.75) is 0 Å². The van der Waals surface area contributed by atoms with Crippen LogP contribution >= 0.6 is 20.3 Å². The van der Waals surface area contributed by atoms with Crippen molar-refractivity contribution in [2.24, 2.45) is 0 Å². The van der Waals surface area contributed by atoms with Crippen molar-refractivity contribution < 1.29 is 67.7 Å². The summed E-state index contributed by atoms with van der Waals surface area (Å²) >= 11 is 0.382. The van der Waals surface area contributed by atoms with Gasteiger partial charge in [-0.1, -0.05) is 0 Å². The Kier molecular flexibility index (Phi) is 164. The third-order valence-corrected chi connectivity index (χ3v) is 0.771. The molecule has 0 aliphatic heterocycles. The molecule has 0 saturated carbocycles. The average molecular weight is 378 g/mol. The summed E-state index contributed by atoms with van der Waals surface area (Å²) < 4.78 is 0.844. The Morgan fingerprint density at radius 2 is 1.06 bits per heavy atom. The van der Waals surface area contributed by atoms with E-state index in [0.29, 0.717) is 12.9 Å². The first-order chi connectivity index (χ1) is 4.47. The van der Waals surface area contributed by atoms with Crippen molar-refractivity contribution in [2.75, 3.05) is 34.3 Å². The molecule has 0 aliphatic carbocycles. The molecule has 0 saturated heterocycles. The van der Waals surface area contributed by atoms with Crippen LogP contribution in [0, 0.1) is 0 Å². The van der Waals surface area contributed by atoms with Crippen LogP contribution < -0.4 is 12.4 Å². The number of likely N-dealkylation sites (N-methyl/N-ethyl adjacent to an activating group) is 1. The third-order valence-electron chi connectivity index (χ3n) is 0.771. The zero-order chi connectivity index (χ0) is 8.62. The van der Waals surface area contributed by atoms with Gasteiger partial charge in [-0.05, 0) is 0 Å². The first-order valence-corrected chi connectivity index (χ1v) is 5.59. The summed E-state index contributed by atoms with van der Waals surface area (Å²) in [6, 6.07) is 0. The van der Waals surface area contributed by atoms with Gasteiger partial charge in [0.25, 0.3) is 0 Å². The summed E-state index contributed by atoms with van der Waals surface area (Å²) in [6.07, 6.45) is 0. The van der Waals surface area contributed by atoms with E-state index in [2.05, 4.69) is 21.1 Å². The van der Waals surface area contributed by atoms with E-state index in [1.54, 1.807) is 0 Å². The molecule has 0 aromatic rings. The molecule has 0 rings (SSSR count). The number of hydrogen-bond acceptors (Lipinski definition) is 1. The summed E-state index contributed by atoms with van der Waals surface area (Å²) in [7, 11) is 15.6. The second kappa shape index (κ2) is 43.5. The molecule has 0 aromatic carbocycles. The fourth-order valence-corrected chi connectivity index (χ4v) is 0.300. The van der Waals surface area contributed by atoms with Gasteiger partial charge >= 0.3 is 33.2 Å². The SMILES string of the molecule is C[N+](C)(C)CCO.O.O.O.O.O.O.[Cl-].[Cl][Co][Cl]. The Morgan fingerprint density at radius 3 is 1.06 bits per heavy atom. The van der Waals surface area contributed by atoms with Crippen LogP contribution in [-0.4, -0.2) is 76.7 Å². The zero-order valence-electron chi connectivity index (χ0n) is 9.78. The minimum absolute atomic E-state index is 0. The number of halogens is 3. The predicted octanol–water partition coefficient (Wildman–Crippen LogP) is -6.88. The van der Waals surface area contributed by atoms with Gasteiger partial charge in [-0.15, -0.1) is 0 Å². The van der Waals surface area contributed by atoms with Crippen molar-refractivity contribution in [3.05, 3.63) is 0 Å². The number of aliphatic hydroxyl groups excluding tert-OH is 1. The van der Waals surface area contributed by atoms with E-state index < -0.39 is 0 Å². The van der Waals surface area contributed by atoms with Crippen molar-refractivity contribution in [3.8, 4) is 0 Å². The van der Waals surface area contributed by atoms with Gasteiger partial charge in [0, 0.05) is 0 Å². The molecule has 12 heteroatoms. The van der Waals surface area contributed by atoms with Gasteiger partial charge in [0.05, 0.1) is 27.7 Å². The molecular weight excluding hydrogens is 351 g/mol. The first kappa shape index (κ1) is 64.0. The van der Waals surface area contributed by atoms with Crippen LogP contribution in [0.4, 0.5) is 0 Å². The number of aliphatic hydroxyl groups is 1. The summed E-state index contributed by atoms with van der Waals surface area (Å²) in [5, 5.41) is 8.39. The molecule has 8 nitrogen and oxygen atoms in total. The Hall–Kier alpha value is 1.06.